The highest BCUT2D eigenvalue weighted by Gasteiger charge is 2.07. The summed E-state index contributed by atoms with van der Waals surface area (Å²) in [6.07, 6.45) is 2.54. The van der Waals surface area contributed by atoms with Crippen LogP contribution in [0.1, 0.15) is 11.5 Å². The molecule has 1 heterocycles. The molecule has 0 bridgehead atoms. The Kier molecular flexibility index (Phi) is 2.92. The molecule has 0 aliphatic rings. The van der Waals surface area contributed by atoms with E-state index < -0.39 is 5.97 Å². The van der Waals surface area contributed by atoms with Gasteiger partial charge in [-0.25, -0.2) is 9.78 Å². The Morgan fingerprint density at radius 1 is 1.56 bits per heavy atom. The van der Waals surface area contributed by atoms with Gasteiger partial charge in [0.1, 0.15) is 5.52 Å². The normalized spacial score (nSPS) is 11.3. The summed E-state index contributed by atoms with van der Waals surface area (Å²) in [6.45, 7) is 0. The first-order chi connectivity index (χ1) is 7.70. The number of nitrogens with zero attached hydrogens (tertiary/aromatic N) is 1. The Morgan fingerprint density at radius 2 is 2.38 bits per heavy atom. The van der Waals surface area contributed by atoms with E-state index in [0.29, 0.717) is 22.6 Å². The predicted molar refractivity (Wildman–Crippen MR) is 60.2 cm³/mol. The first kappa shape index (κ1) is 10.7. The Labute approximate surface area is 96.2 Å². The number of carboxylic acids is 1. The van der Waals surface area contributed by atoms with E-state index in [1.807, 2.05) is 0 Å². The number of fused-ring (bicyclic) bond motifs is 1. The molecule has 1 aromatic heterocycles. The molecule has 0 saturated carbocycles. The van der Waals surface area contributed by atoms with Gasteiger partial charge in [-0.15, -0.1) is 11.6 Å². The molecule has 1 aromatic carbocycles. The molecule has 0 atom stereocenters. The fourth-order valence-electron chi connectivity index (χ4n) is 1.37. The Balaban J connectivity index is 2.52. The number of halogens is 1. The smallest absolute Gasteiger partial charge is 0.328 e. The first-order valence-electron chi connectivity index (χ1n) is 4.56. The van der Waals surface area contributed by atoms with Gasteiger partial charge in [-0.1, -0.05) is 12.1 Å². The van der Waals surface area contributed by atoms with Gasteiger partial charge in [0.15, 0.2) is 5.58 Å². The van der Waals surface area contributed by atoms with Crippen molar-refractivity contribution in [2.24, 2.45) is 0 Å². The maximum Gasteiger partial charge on any atom is 0.328 e. The molecule has 2 rings (SSSR count). The Hall–Kier alpha value is -1.81. The SMILES string of the molecule is O=C(O)/C=C/c1cccc2oc(CCl)nc12. The van der Waals surface area contributed by atoms with Crippen molar-refractivity contribution in [1.82, 2.24) is 4.98 Å². The minimum atomic E-state index is -1.00. The number of benzene rings is 1. The van der Waals surface area contributed by atoms with Gasteiger partial charge in [-0.3, -0.25) is 0 Å². The van der Waals surface area contributed by atoms with Crippen LogP contribution < -0.4 is 0 Å². The number of carbonyl (C=O) groups is 1. The van der Waals surface area contributed by atoms with Crippen LogP contribution in [0.3, 0.4) is 0 Å². The second-order valence-electron chi connectivity index (χ2n) is 3.11. The summed E-state index contributed by atoms with van der Waals surface area (Å²) >= 11 is 5.61. The number of oxazole rings is 1. The summed E-state index contributed by atoms with van der Waals surface area (Å²) in [5.74, 6) is -0.387. The molecule has 0 saturated heterocycles. The second-order valence-corrected chi connectivity index (χ2v) is 3.37. The van der Waals surface area contributed by atoms with Crippen LogP contribution in [0.15, 0.2) is 28.7 Å². The molecule has 2 aromatic rings. The summed E-state index contributed by atoms with van der Waals surface area (Å²) in [6, 6.07) is 5.30. The minimum Gasteiger partial charge on any atom is -0.478 e. The lowest BCUT2D eigenvalue weighted by Gasteiger charge is -1.92. The van der Waals surface area contributed by atoms with Gasteiger partial charge >= 0.3 is 5.97 Å². The van der Waals surface area contributed by atoms with E-state index in [9.17, 15) is 4.79 Å². The van der Waals surface area contributed by atoms with Crippen molar-refractivity contribution in [2.45, 2.75) is 5.88 Å². The van der Waals surface area contributed by atoms with Gasteiger partial charge in [-0.05, 0) is 12.1 Å². The highest BCUT2D eigenvalue weighted by Crippen LogP contribution is 2.21. The standard InChI is InChI=1S/C11H8ClNO3/c12-6-9-13-11-7(4-5-10(14)15)2-1-3-8(11)16-9/h1-5H,6H2,(H,14,15)/b5-4+. The molecule has 5 heteroatoms. The summed E-state index contributed by atoms with van der Waals surface area (Å²) in [4.78, 5) is 14.6. The number of para-hydroxylation sites is 1. The van der Waals surface area contributed by atoms with Gasteiger partial charge in [0.25, 0.3) is 0 Å². The monoisotopic (exact) mass is 237 g/mol. The lowest BCUT2D eigenvalue weighted by atomic mass is 10.2. The summed E-state index contributed by atoms with van der Waals surface area (Å²) in [5.41, 5.74) is 1.92. The predicted octanol–water partition coefficient (Wildman–Crippen LogP) is 2.66. The maximum atomic E-state index is 10.4. The molecule has 0 unspecified atom stereocenters. The van der Waals surface area contributed by atoms with Crippen LogP contribution in [-0.4, -0.2) is 16.1 Å². The zero-order valence-corrected chi connectivity index (χ0v) is 8.94. The number of aliphatic carboxylic acids is 1. The van der Waals surface area contributed by atoms with Gasteiger partial charge in [0, 0.05) is 11.6 Å². The average Bonchev–Trinajstić information content (AvgIpc) is 2.69. The van der Waals surface area contributed by atoms with Crippen molar-refractivity contribution in [3.63, 3.8) is 0 Å². The first-order valence-corrected chi connectivity index (χ1v) is 5.09. The average molecular weight is 238 g/mol. The Bertz CT molecular complexity index is 559. The van der Waals surface area contributed by atoms with E-state index in [2.05, 4.69) is 4.98 Å². The molecular weight excluding hydrogens is 230 g/mol. The van der Waals surface area contributed by atoms with Crippen molar-refractivity contribution in [3.05, 3.63) is 35.7 Å². The third-order valence-electron chi connectivity index (χ3n) is 2.01. The third kappa shape index (κ3) is 2.06. The van der Waals surface area contributed by atoms with Gasteiger partial charge in [-0.2, -0.15) is 0 Å². The van der Waals surface area contributed by atoms with E-state index in [0.717, 1.165) is 6.08 Å². The molecule has 4 nitrogen and oxygen atoms in total. The fourth-order valence-corrected chi connectivity index (χ4v) is 1.48. The topological polar surface area (TPSA) is 63.3 Å². The van der Waals surface area contributed by atoms with E-state index in [4.69, 9.17) is 21.1 Å². The highest BCUT2D eigenvalue weighted by atomic mass is 35.5. The van der Waals surface area contributed by atoms with Crippen molar-refractivity contribution in [3.8, 4) is 0 Å². The fraction of sp³-hybridized carbons (Fsp3) is 0.0909. The van der Waals surface area contributed by atoms with Crippen LogP contribution in [0.2, 0.25) is 0 Å². The van der Waals surface area contributed by atoms with E-state index in [-0.39, 0.29) is 5.88 Å². The van der Waals surface area contributed by atoms with Crippen LogP contribution in [0.4, 0.5) is 0 Å². The summed E-state index contributed by atoms with van der Waals surface area (Å²) in [7, 11) is 0. The molecule has 0 spiro atoms. The number of aromatic nitrogens is 1. The zero-order valence-electron chi connectivity index (χ0n) is 8.18. The van der Waals surface area contributed by atoms with E-state index in [1.54, 1.807) is 18.2 Å². The molecule has 0 radical (unpaired) electrons. The zero-order chi connectivity index (χ0) is 11.5. The number of hydrogen-bond donors (Lipinski definition) is 1. The molecule has 0 amide bonds. The number of carboxylic acid groups (broad SMARTS) is 1. The number of hydrogen-bond acceptors (Lipinski definition) is 3. The molecular formula is C11H8ClNO3. The summed E-state index contributed by atoms with van der Waals surface area (Å²) in [5, 5.41) is 8.55. The molecule has 82 valence electrons. The lowest BCUT2D eigenvalue weighted by molar-refractivity contribution is -0.131. The van der Waals surface area contributed by atoms with Crippen LogP contribution in [0.25, 0.3) is 17.2 Å². The number of rotatable bonds is 3. The van der Waals surface area contributed by atoms with Crippen molar-refractivity contribution in [1.29, 1.82) is 0 Å². The molecule has 0 fully saturated rings. The molecule has 0 aliphatic heterocycles. The Morgan fingerprint density at radius 3 is 3.06 bits per heavy atom. The number of alkyl halides is 1. The van der Waals surface area contributed by atoms with Crippen molar-refractivity contribution < 1.29 is 14.3 Å². The molecule has 0 aliphatic carbocycles. The van der Waals surface area contributed by atoms with Gasteiger partial charge in [0.05, 0.1) is 5.88 Å². The van der Waals surface area contributed by atoms with Crippen molar-refractivity contribution >= 4 is 34.7 Å². The second kappa shape index (κ2) is 4.37. The molecule has 1 N–H and O–H groups in total. The summed E-state index contributed by atoms with van der Waals surface area (Å²) < 4.78 is 5.34. The lowest BCUT2D eigenvalue weighted by Crippen LogP contribution is -1.86. The van der Waals surface area contributed by atoms with E-state index >= 15 is 0 Å². The van der Waals surface area contributed by atoms with Crippen molar-refractivity contribution in [2.75, 3.05) is 0 Å². The van der Waals surface area contributed by atoms with Crippen LogP contribution >= 0.6 is 11.6 Å². The third-order valence-corrected chi connectivity index (χ3v) is 2.24. The van der Waals surface area contributed by atoms with E-state index in [1.165, 1.54) is 6.08 Å². The molecule has 16 heavy (non-hydrogen) atoms. The highest BCUT2D eigenvalue weighted by molar-refractivity contribution is 6.16. The minimum absolute atomic E-state index is 0.191. The van der Waals surface area contributed by atoms with Crippen LogP contribution in [-0.2, 0) is 10.7 Å². The largest absolute Gasteiger partial charge is 0.478 e. The van der Waals surface area contributed by atoms with Gasteiger partial charge < -0.3 is 9.52 Å². The van der Waals surface area contributed by atoms with Crippen LogP contribution in [0, 0.1) is 0 Å². The van der Waals surface area contributed by atoms with Gasteiger partial charge in [0.2, 0.25) is 5.89 Å². The van der Waals surface area contributed by atoms with Crippen LogP contribution in [0.5, 0.6) is 0 Å². The maximum absolute atomic E-state index is 10.4. The quantitative estimate of drug-likeness (QED) is 0.659.